The van der Waals surface area contributed by atoms with Crippen molar-refractivity contribution in [2.24, 2.45) is 10.7 Å². The fourth-order valence-electron chi connectivity index (χ4n) is 2.40. The second kappa shape index (κ2) is 9.99. The van der Waals surface area contributed by atoms with Gasteiger partial charge in [0.1, 0.15) is 5.75 Å². The predicted molar refractivity (Wildman–Crippen MR) is 118 cm³/mol. The summed E-state index contributed by atoms with van der Waals surface area (Å²) in [5.41, 5.74) is 6.99. The van der Waals surface area contributed by atoms with Crippen molar-refractivity contribution in [3.05, 3.63) is 75.7 Å². The molecule has 0 aliphatic heterocycles. The number of nitrogens with zero attached hydrogens (tertiary/aromatic N) is 2. The van der Waals surface area contributed by atoms with Gasteiger partial charge in [0.2, 0.25) is 11.9 Å². The molecule has 3 rings (SSSR count). The van der Waals surface area contributed by atoms with E-state index in [1.54, 1.807) is 11.8 Å². The summed E-state index contributed by atoms with van der Waals surface area (Å²) in [6.07, 6.45) is 0. The van der Waals surface area contributed by atoms with Gasteiger partial charge in [0.05, 0.1) is 12.3 Å². The summed E-state index contributed by atoms with van der Waals surface area (Å²) in [5.74, 6) is 1.53. The number of anilines is 1. The number of ether oxygens (including phenoxy) is 1. The standard InChI is InChI=1S/C20H20ClN5O2S/c1-2-28-16-7-5-14(6-8-16)23-19(22)26-20-24-15(11-18(27)25-20)12-29-17-9-3-13(21)4-10-17/h3-11H,2,12H2,1H3,(H4,22,23,24,25,26,27). The zero-order chi connectivity index (χ0) is 20.6. The first-order valence-electron chi connectivity index (χ1n) is 8.84. The van der Waals surface area contributed by atoms with E-state index in [4.69, 9.17) is 22.1 Å². The lowest BCUT2D eigenvalue weighted by atomic mass is 10.3. The second-order valence-electron chi connectivity index (χ2n) is 5.88. The van der Waals surface area contributed by atoms with Crippen molar-refractivity contribution < 1.29 is 4.74 Å². The molecule has 0 bridgehead atoms. The lowest BCUT2D eigenvalue weighted by Gasteiger charge is -2.07. The lowest BCUT2D eigenvalue weighted by Crippen LogP contribution is -2.22. The zero-order valence-corrected chi connectivity index (χ0v) is 17.3. The van der Waals surface area contributed by atoms with Crippen LogP contribution in [0.2, 0.25) is 5.02 Å². The van der Waals surface area contributed by atoms with Crippen molar-refractivity contribution in [1.82, 2.24) is 9.97 Å². The van der Waals surface area contributed by atoms with Gasteiger partial charge in [-0.2, -0.15) is 4.99 Å². The Morgan fingerprint density at radius 2 is 1.97 bits per heavy atom. The van der Waals surface area contributed by atoms with Crippen molar-refractivity contribution in [2.45, 2.75) is 17.6 Å². The average Bonchev–Trinajstić information content (AvgIpc) is 2.69. The third-order valence-corrected chi connectivity index (χ3v) is 4.94. The molecule has 150 valence electrons. The van der Waals surface area contributed by atoms with Crippen LogP contribution in [0.4, 0.5) is 11.6 Å². The second-order valence-corrected chi connectivity index (χ2v) is 7.37. The minimum absolute atomic E-state index is 0.111. The molecule has 0 aliphatic carbocycles. The highest BCUT2D eigenvalue weighted by Crippen LogP contribution is 2.23. The van der Waals surface area contributed by atoms with Crippen molar-refractivity contribution in [3.63, 3.8) is 0 Å². The van der Waals surface area contributed by atoms with Gasteiger partial charge < -0.3 is 15.8 Å². The topological polar surface area (TPSA) is 105 Å². The molecule has 0 atom stereocenters. The van der Waals surface area contributed by atoms with Crippen molar-refractivity contribution in [2.75, 3.05) is 11.9 Å². The summed E-state index contributed by atoms with van der Waals surface area (Å²) >= 11 is 7.44. The number of rotatable bonds is 7. The van der Waals surface area contributed by atoms with Crippen LogP contribution in [0, 0.1) is 0 Å². The number of guanidine groups is 1. The number of thioether (sulfide) groups is 1. The van der Waals surface area contributed by atoms with Crippen molar-refractivity contribution >= 4 is 41.0 Å². The third kappa shape index (κ3) is 6.55. The smallest absolute Gasteiger partial charge is 0.252 e. The number of aliphatic imine (C=N–C) groups is 1. The quantitative estimate of drug-likeness (QED) is 0.295. The van der Waals surface area contributed by atoms with Crippen LogP contribution in [-0.2, 0) is 5.75 Å². The number of aromatic nitrogens is 2. The molecule has 0 saturated carbocycles. The number of aromatic amines is 1. The van der Waals surface area contributed by atoms with Crippen molar-refractivity contribution in [3.8, 4) is 5.75 Å². The number of nitrogens with two attached hydrogens (primary N) is 1. The van der Waals surface area contributed by atoms with Crippen LogP contribution in [0.15, 0.2) is 69.3 Å². The highest BCUT2D eigenvalue weighted by Gasteiger charge is 2.04. The molecule has 1 aromatic heterocycles. The molecule has 2 aromatic carbocycles. The van der Waals surface area contributed by atoms with Gasteiger partial charge in [-0.05, 0) is 55.5 Å². The number of nitrogens with one attached hydrogen (secondary N) is 2. The van der Waals surface area contributed by atoms with E-state index in [2.05, 4.69) is 20.3 Å². The maximum absolute atomic E-state index is 11.9. The van der Waals surface area contributed by atoms with Crippen LogP contribution in [0.1, 0.15) is 12.6 Å². The minimum atomic E-state index is -0.292. The molecule has 0 saturated heterocycles. The largest absolute Gasteiger partial charge is 0.494 e. The SMILES string of the molecule is CCOc1ccc(NC(N)=Nc2nc(CSc3ccc(Cl)cc3)cc(=O)[nH]2)cc1. The van der Waals surface area contributed by atoms with E-state index < -0.39 is 0 Å². The highest BCUT2D eigenvalue weighted by molar-refractivity contribution is 7.98. The van der Waals surface area contributed by atoms with E-state index in [0.29, 0.717) is 23.1 Å². The van der Waals surface area contributed by atoms with Crippen LogP contribution in [0.3, 0.4) is 0 Å². The molecule has 29 heavy (non-hydrogen) atoms. The monoisotopic (exact) mass is 429 g/mol. The Labute approximate surface area is 177 Å². The van der Waals surface area contributed by atoms with Crippen LogP contribution in [0.5, 0.6) is 5.75 Å². The number of benzene rings is 2. The molecule has 0 fully saturated rings. The Hall–Kier alpha value is -2.97. The highest BCUT2D eigenvalue weighted by atomic mass is 35.5. The van der Waals surface area contributed by atoms with E-state index >= 15 is 0 Å². The molecule has 0 aliphatic rings. The van der Waals surface area contributed by atoms with Gasteiger partial charge in [-0.25, -0.2) is 4.98 Å². The van der Waals surface area contributed by atoms with Gasteiger partial charge in [-0.1, -0.05) is 11.6 Å². The fourth-order valence-corrected chi connectivity index (χ4v) is 3.32. The van der Waals surface area contributed by atoms with Crippen LogP contribution in [-0.4, -0.2) is 22.5 Å². The molecule has 1 heterocycles. The Morgan fingerprint density at radius 3 is 2.66 bits per heavy atom. The Balaban J connectivity index is 1.67. The average molecular weight is 430 g/mol. The van der Waals surface area contributed by atoms with E-state index in [9.17, 15) is 4.79 Å². The van der Waals surface area contributed by atoms with E-state index in [-0.39, 0.29) is 17.5 Å². The molecule has 0 radical (unpaired) electrons. The Morgan fingerprint density at radius 1 is 1.24 bits per heavy atom. The molecule has 9 heteroatoms. The maximum Gasteiger partial charge on any atom is 0.252 e. The van der Waals surface area contributed by atoms with E-state index in [0.717, 1.165) is 16.3 Å². The zero-order valence-electron chi connectivity index (χ0n) is 15.7. The Kier molecular flexibility index (Phi) is 7.15. The minimum Gasteiger partial charge on any atom is -0.494 e. The van der Waals surface area contributed by atoms with Gasteiger partial charge >= 0.3 is 0 Å². The predicted octanol–water partition coefficient (Wildman–Crippen LogP) is 4.17. The summed E-state index contributed by atoms with van der Waals surface area (Å²) in [6.45, 7) is 2.52. The first kappa shape index (κ1) is 20.8. The first-order valence-corrected chi connectivity index (χ1v) is 10.2. The number of halogens is 1. The number of hydrogen-bond acceptors (Lipinski definition) is 5. The van der Waals surface area contributed by atoms with Gasteiger partial charge in [0.15, 0.2) is 0 Å². The molecule has 4 N–H and O–H groups in total. The molecule has 0 amide bonds. The summed E-state index contributed by atoms with van der Waals surface area (Å²) < 4.78 is 5.40. The fraction of sp³-hybridized carbons (Fsp3) is 0.150. The van der Waals surface area contributed by atoms with Gasteiger partial charge in [0.25, 0.3) is 5.56 Å². The molecule has 7 nitrogen and oxygen atoms in total. The Bertz CT molecular complexity index is 1040. The molecular weight excluding hydrogens is 410 g/mol. The van der Waals surface area contributed by atoms with Gasteiger partial charge in [-0.15, -0.1) is 11.8 Å². The summed E-state index contributed by atoms with van der Waals surface area (Å²) in [6, 6.07) is 16.2. The van der Waals surface area contributed by atoms with Crippen LogP contribution >= 0.6 is 23.4 Å². The normalized spacial score (nSPS) is 11.3. The third-order valence-electron chi connectivity index (χ3n) is 3.65. The molecular formula is C20H20ClN5O2S. The first-order chi connectivity index (χ1) is 14.0. The van der Waals surface area contributed by atoms with Crippen LogP contribution < -0.4 is 21.3 Å². The van der Waals surface area contributed by atoms with E-state index in [1.807, 2.05) is 55.5 Å². The van der Waals surface area contributed by atoms with Gasteiger partial charge in [-0.3, -0.25) is 9.78 Å². The molecule has 0 spiro atoms. The van der Waals surface area contributed by atoms with Crippen LogP contribution in [0.25, 0.3) is 0 Å². The lowest BCUT2D eigenvalue weighted by molar-refractivity contribution is 0.340. The maximum atomic E-state index is 11.9. The van der Waals surface area contributed by atoms with Gasteiger partial charge in [0, 0.05) is 27.4 Å². The molecule has 3 aromatic rings. The molecule has 0 unspecified atom stereocenters. The van der Waals surface area contributed by atoms with E-state index in [1.165, 1.54) is 6.07 Å². The summed E-state index contributed by atoms with van der Waals surface area (Å²) in [4.78, 5) is 24.1. The number of hydrogen-bond donors (Lipinski definition) is 3. The van der Waals surface area contributed by atoms with Crippen molar-refractivity contribution in [1.29, 1.82) is 0 Å². The summed E-state index contributed by atoms with van der Waals surface area (Å²) in [5, 5.41) is 3.63. The number of H-pyrrole nitrogens is 1. The summed E-state index contributed by atoms with van der Waals surface area (Å²) in [7, 11) is 0.